The molecule has 3 heteroatoms. The Bertz CT molecular complexity index is 379. The molecular weight excluding hydrogens is 228 g/mol. The summed E-state index contributed by atoms with van der Waals surface area (Å²) in [6.07, 6.45) is 3.86. The van der Waals surface area contributed by atoms with Gasteiger partial charge >= 0.3 is 0 Å². The van der Waals surface area contributed by atoms with Gasteiger partial charge < -0.3 is 9.47 Å². The molecule has 0 aliphatic rings. The smallest absolute Gasteiger partial charge is 0.298 e. The first-order valence-corrected chi connectivity index (χ1v) is 5.79. The van der Waals surface area contributed by atoms with Crippen LogP contribution in [-0.4, -0.2) is 13.6 Å². The molecular formula is C15H21O3. The van der Waals surface area contributed by atoms with Crippen LogP contribution in [0.4, 0.5) is 0 Å². The number of hydrogen-bond donors (Lipinski definition) is 0. The second-order valence-corrected chi connectivity index (χ2v) is 4.02. The highest BCUT2D eigenvalue weighted by Crippen LogP contribution is 2.27. The van der Waals surface area contributed by atoms with Gasteiger partial charge in [0, 0.05) is 0 Å². The van der Waals surface area contributed by atoms with Crippen molar-refractivity contribution in [2.45, 2.75) is 20.8 Å². The minimum atomic E-state index is 0.382. The molecule has 1 rings (SSSR count). The van der Waals surface area contributed by atoms with Crippen LogP contribution in [0, 0.1) is 12.8 Å². The third kappa shape index (κ3) is 6.74. The van der Waals surface area contributed by atoms with Gasteiger partial charge in [-0.1, -0.05) is 39.0 Å². The van der Waals surface area contributed by atoms with E-state index in [9.17, 15) is 4.79 Å². The summed E-state index contributed by atoms with van der Waals surface area (Å²) in [5.41, 5.74) is 1.00. The zero-order chi connectivity index (χ0) is 14.0. The lowest BCUT2D eigenvalue weighted by Crippen LogP contribution is -1.93. The maximum Gasteiger partial charge on any atom is 0.298 e. The summed E-state index contributed by atoms with van der Waals surface area (Å²) >= 11 is 0. The van der Waals surface area contributed by atoms with Gasteiger partial charge in [0.05, 0.1) is 7.11 Å². The quantitative estimate of drug-likeness (QED) is 0.762. The SMILES string of the molecule is C/C=C/c1ccc(OC=O)c(OC)c1.[CH2]C(C)C. The number of methoxy groups -OCH3 is 1. The average molecular weight is 249 g/mol. The molecule has 0 unspecified atom stereocenters. The fraction of sp³-hybridized carbons (Fsp3) is 0.333. The molecule has 0 amide bonds. The van der Waals surface area contributed by atoms with Crippen LogP contribution in [0.2, 0.25) is 0 Å². The molecule has 3 nitrogen and oxygen atoms in total. The Labute approximate surface area is 109 Å². The molecule has 0 aliphatic heterocycles. The fourth-order valence-corrected chi connectivity index (χ4v) is 1.13. The Morgan fingerprint density at radius 2 is 1.89 bits per heavy atom. The molecule has 0 bridgehead atoms. The van der Waals surface area contributed by atoms with Gasteiger partial charge in [0.15, 0.2) is 11.5 Å². The average Bonchev–Trinajstić information content (AvgIpc) is 2.31. The van der Waals surface area contributed by atoms with Gasteiger partial charge in [-0.15, -0.1) is 0 Å². The topological polar surface area (TPSA) is 35.5 Å². The highest BCUT2D eigenvalue weighted by molar-refractivity contribution is 5.58. The van der Waals surface area contributed by atoms with Gasteiger partial charge in [-0.3, -0.25) is 4.79 Å². The molecule has 0 saturated heterocycles. The van der Waals surface area contributed by atoms with Crippen molar-refractivity contribution in [1.82, 2.24) is 0 Å². The number of carbonyl (C=O) groups is 1. The second-order valence-electron chi connectivity index (χ2n) is 4.02. The van der Waals surface area contributed by atoms with Crippen molar-refractivity contribution in [3.63, 3.8) is 0 Å². The standard InChI is InChI=1S/C11H12O3.C4H9/c1-3-4-9-5-6-10(14-8-12)11(7-9)13-2;1-4(2)3/h3-8H,1-2H3;4H,1H2,2-3H3/b4-3+;. The molecule has 0 spiro atoms. The van der Waals surface area contributed by atoms with Crippen molar-refractivity contribution >= 4 is 12.5 Å². The van der Waals surface area contributed by atoms with Crippen LogP contribution < -0.4 is 9.47 Å². The number of ether oxygens (including phenoxy) is 2. The molecule has 0 fully saturated rings. The first-order valence-electron chi connectivity index (χ1n) is 5.79. The van der Waals surface area contributed by atoms with Crippen molar-refractivity contribution < 1.29 is 14.3 Å². The molecule has 1 aromatic rings. The van der Waals surface area contributed by atoms with Gasteiger partial charge in [-0.2, -0.15) is 0 Å². The first-order chi connectivity index (χ1) is 8.54. The van der Waals surface area contributed by atoms with E-state index in [1.807, 2.05) is 25.1 Å². The van der Waals surface area contributed by atoms with Crippen molar-refractivity contribution in [2.24, 2.45) is 5.92 Å². The Kier molecular flexibility index (Phi) is 8.37. The Balaban J connectivity index is 0.000000631. The van der Waals surface area contributed by atoms with Crippen molar-refractivity contribution in [1.29, 1.82) is 0 Å². The lowest BCUT2D eigenvalue weighted by atomic mass is 10.2. The Morgan fingerprint density at radius 3 is 2.33 bits per heavy atom. The first kappa shape index (κ1) is 16.2. The number of carbonyl (C=O) groups excluding carboxylic acids is 1. The zero-order valence-electron chi connectivity index (χ0n) is 11.5. The van der Waals surface area contributed by atoms with E-state index in [2.05, 4.69) is 20.8 Å². The van der Waals surface area contributed by atoms with E-state index in [0.717, 1.165) is 5.56 Å². The molecule has 0 atom stereocenters. The van der Waals surface area contributed by atoms with E-state index in [1.54, 1.807) is 12.1 Å². The van der Waals surface area contributed by atoms with Gasteiger partial charge in [-0.25, -0.2) is 0 Å². The van der Waals surface area contributed by atoms with Gasteiger partial charge in [0.2, 0.25) is 0 Å². The zero-order valence-corrected chi connectivity index (χ0v) is 11.5. The molecule has 1 radical (unpaired) electrons. The molecule has 99 valence electrons. The van der Waals surface area contributed by atoms with Gasteiger partial charge in [0.1, 0.15) is 0 Å². The molecule has 0 N–H and O–H groups in total. The van der Waals surface area contributed by atoms with E-state index in [4.69, 9.17) is 9.47 Å². The highest BCUT2D eigenvalue weighted by atomic mass is 16.5. The second kappa shape index (κ2) is 9.28. The van der Waals surface area contributed by atoms with Crippen LogP contribution in [0.1, 0.15) is 26.3 Å². The molecule has 1 aromatic carbocycles. The number of hydrogen-bond acceptors (Lipinski definition) is 3. The summed E-state index contributed by atoms with van der Waals surface area (Å²) < 4.78 is 9.80. The molecule has 0 heterocycles. The normalized spacial score (nSPS) is 9.89. The van der Waals surface area contributed by atoms with Crippen LogP contribution >= 0.6 is 0 Å². The fourth-order valence-electron chi connectivity index (χ4n) is 1.13. The maximum absolute atomic E-state index is 10.2. The van der Waals surface area contributed by atoms with E-state index in [-0.39, 0.29) is 0 Å². The summed E-state index contributed by atoms with van der Waals surface area (Å²) in [6.45, 7) is 10.1. The Hall–Kier alpha value is -1.77. The third-order valence-corrected chi connectivity index (χ3v) is 1.72. The van der Waals surface area contributed by atoms with E-state index in [1.165, 1.54) is 7.11 Å². The van der Waals surface area contributed by atoms with Crippen LogP contribution in [0.5, 0.6) is 11.5 Å². The number of benzene rings is 1. The predicted octanol–water partition coefficient (Wildman–Crippen LogP) is 3.74. The summed E-state index contributed by atoms with van der Waals surface area (Å²) in [5.74, 6) is 1.56. The minimum absolute atomic E-state index is 0.382. The van der Waals surface area contributed by atoms with Crippen LogP contribution in [0.25, 0.3) is 6.08 Å². The van der Waals surface area contributed by atoms with Crippen LogP contribution in [0.3, 0.4) is 0 Å². The van der Waals surface area contributed by atoms with Gasteiger partial charge in [0.25, 0.3) is 6.47 Å². The molecule has 0 aromatic heterocycles. The van der Waals surface area contributed by atoms with E-state index in [0.29, 0.717) is 23.9 Å². The monoisotopic (exact) mass is 249 g/mol. The number of rotatable bonds is 4. The van der Waals surface area contributed by atoms with Crippen LogP contribution in [0.15, 0.2) is 24.3 Å². The highest BCUT2D eigenvalue weighted by Gasteiger charge is 2.03. The minimum Gasteiger partial charge on any atom is -0.493 e. The van der Waals surface area contributed by atoms with Gasteiger partial charge in [-0.05, 0) is 30.5 Å². The summed E-state index contributed by atoms with van der Waals surface area (Å²) in [7, 11) is 1.53. The number of allylic oxidation sites excluding steroid dienone is 1. The van der Waals surface area contributed by atoms with Crippen molar-refractivity contribution in [3.05, 3.63) is 36.8 Å². The summed E-state index contributed by atoms with van der Waals surface area (Å²) in [5, 5.41) is 0. The maximum atomic E-state index is 10.2. The molecule has 0 saturated carbocycles. The lowest BCUT2D eigenvalue weighted by Gasteiger charge is -2.06. The van der Waals surface area contributed by atoms with Crippen molar-refractivity contribution in [3.8, 4) is 11.5 Å². The van der Waals surface area contributed by atoms with Crippen LogP contribution in [-0.2, 0) is 4.79 Å². The largest absolute Gasteiger partial charge is 0.493 e. The summed E-state index contributed by atoms with van der Waals surface area (Å²) in [6, 6.07) is 5.35. The van der Waals surface area contributed by atoms with E-state index >= 15 is 0 Å². The summed E-state index contributed by atoms with van der Waals surface area (Å²) in [4.78, 5) is 10.2. The lowest BCUT2D eigenvalue weighted by molar-refractivity contribution is -0.120. The molecule has 0 aliphatic carbocycles. The molecule has 18 heavy (non-hydrogen) atoms. The third-order valence-electron chi connectivity index (χ3n) is 1.72. The predicted molar refractivity (Wildman–Crippen MR) is 74.6 cm³/mol. The van der Waals surface area contributed by atoms with E-state index < -0.39 is 0 Å². The van der Waals surface area contributed by atoms with Crippen molar-refractivity contribution in [2.75, 3.05) is 7.11 Å². The Morgan fingerprint density at radius 1 is 1.28 bits per heavy atom.